The Labute approximate surface area is 193 Å². The summed E-state index contributed by atoms with van der Waals surface area (Å²) in [5.41, 5.74) is 3.87. The van der Waals surface area contributed by atoms with Crippen molar-refractivity contribution in [2.24, 2.45) is 0 Å². The van der Waals surface area contributed by atoms with Gasteiger partial charge in [-0.1, -0.05) is 44.2 Å². The molecule has 3 aromatic rings. The summed E-state index contributed by atoms with van der Waals surface area (Å²) in [4.78, 5) is 32.3. The van der Waals surface area contributed by atoms with Gasteiger partial charge in [0.15, 0.2) is 0 Å². The first-order chi connectivity index (χ1) is 16.1. The zero-order valence-electron chi connectivity index (χ0n) is 18.9. The van der Waals surface area contributed by atoms with E-state index in [1.807, 2.05) is 61.5 Å². The van der Waals surface area contributed by atoms with Gasteiger partial charge in [0, 0.05) is 11.9 Å². The average Bonchev–Trinajstić information content (AvgIpc) is 3.08. The summed E-state index contributed by atoms with van der Waals surface area (Å²) in [7, 11) is 0. The molecule has 1 N–H and O–H groups in total. The summed E-state index contributed by atoms with van der Waals surface area (Å²) in [6.07, 6.45) is 3.49. The summed E-state index contributed by atoms with van der Waals surface area (Å²) in [5, 5.41) is 3.20. The monoisotopic (exact) mass is 441 g/mol. The molecule has 0 bridgehead atoms. The molecule has 2 aromatic carbocycles. The number of amides is 2. The quantitative estimate of drug-likeness (QED) is 0.482. The highest BCUT2D eigenvalue weighted by atomic mass is 16.5. The molecule has 2 heterocycles. The number of pyridine rings is 1. The Hall–Kier alpha value is -3.93. The van der Waals surface area contributed by atoms with Gasteiger partial charge >= 0.3 is 0 Å². The van der Waals surface area contributed by atoms with Crippen LogP contribution in [-0.4, -0.2) is 28.3 Å². The second-order valence-electron chi connectivity index (χ2n) is 7.82. The predicted molar refractivity (Wildman–Crippen MR) is 128 cm³/mol. The Kier molecular flexibility index (Phi) is 6.83. The molecule has 1 aromatic heterocycles. The third-order valence-electron chi connectivity index (χ3n) is 5.46. The number of benzene rings is 2. The molecule has 1 aliphatic heterocycles. The van der Waals surface area contributed by atoms with Gasteiger partial charge < -0.3 is 10.1 Å². The second kappa shape index (κ2) is 10.1. The summed E-state index contributed by atoms with van der Waals surface area (Å²) < 4.78 is 5.66. The maximum atomic E-state index is 13.4. The normalized spacial score (nSPS) is 13.6. The lowest BCUT2D eigenvalue weighted by Gasteiger charge is -2.15. The Morgan fingerprint density at radius 2 is 1.67 bits per heavy atom. The van der Waals surface area contributed by atoms with E-state index in [9.17, 15) is 9.59 Å². The van der Waals surface area contributed by atoms with Crippen molar-refractivity contribution in [1.82, 2.24) is 9.88 Å². The largest absolute Gasteiger partial charge is 0.494 e. The standard InChI is InChI=1S/C27H27N3O3/c1-3-17-33-23-14-10-20(11-15-23)24-25(29-21-12-8-19(4-2)9-13-21)27(32)30(26(24)31)18-22-7-5-6-16-28-22/h5-16,29H,3-4,17-18H2,1-2H3. The maximum Gasteiger partial charge on any atom is 0.278 e. The molecular weight excluding hydrogens is 414 g/mol. The van der Waals surface area contributed by atoms with Crippen molar-refractivity contribution >= 4 is 23.1 Å². The number of carbonyl (C=O) groups is 2. The third-order valence-corrected chi connectivity index (χ3v) is 5.46. The van der Waals surface area contributed by atoms with E-state index in [0.29, 0.717) is 23.4 Å². The van der Waals surface area contributed by atoms with Crippen molar-refractivity contribution in [2.45, 2.75) is 33.2 Å². The minimum Gasteiger partial charge on any atom is -0.494 e. The molecule has 0 atom stereocenters. The van der Waals surface area contributed by atoms with Crippen molar-refractivity contribution in [2.75, 3.05) is 11.9 Å². The molecule has 168 valence electrons. The number of imide groups is 1. The van der Waals surface area contributed by atoms with Crippen LogP contribution < -0.4 is 10.1 Å². The lowest BCUT2D eigenvalue weighted by Crippen LogP contribution is -2.32. The van der Waals surface area contributed by atoms with Crippen LogP contribution in [0.3, 0.4) is 0 Å². The van der Waals surface area contributed by atoms with Crippen LogP contribution in [-0.2, 0) is 22.6 Å². The first-order valence-electron chi connectivity index (χ1n) is 11.2. The highest BCUT2D eigenvalue weighted by molar-refractivity contribution is 6.36. The molecule has 6 nitrogen and oxygen atoms in total. The molecule has 2 amide bonds. The van der Waals surface area contributed by atoms with Crippen LogP contribution in [0.2, 0.25) is 0 Å². The Morgan fingerprint density at radius 3 is 2.30 bits per heavy atom. The first kappa shape index (κ1) is 22.3. The van der Waals surface area contributed by atoms with Crippen molar-refractivity contribution in [3.63, 3.8) is 0 Å². The molecule has 0 fully saturated rings. The maximum absolute atomic E-state index is 13.4. The van der Waals surface area contributed by atoms with Crippen LogP contribution in [0.25, 0.3) is 5.57 Å². The Bertz CT molecular complexity index is 1150. The Balaban J connectivity index is 1.68. The van der Waals surface area contributed by atoms with Crippen molar-refractivity contribution in [3.05, 3.63) is 95.4 Å². The van der Waals surface area contributed by atoms with Gasteiger partial charge in [0.1, 0.15) is 11.4 Å². The van der Waals surface area contributed by atoms with Crippen LogP contribution in [0.4, 0.5) is 5.69 Å². The van der Waals surface area contributed by atoms with Gasteiger partial charge in [0.05, 0.1) is 24.4 Å². The zero-order chi connectivity index (χ0) is 23.2. The molecule has 0 saturated carbocycles. The molecule has 0 saturated heterocycles. The van der Waals surface area contributed by atoms with Gasteiger partial charge in [-0.3, -0.25) is 19.5 Å². The van der Waals surface area contributed by atoms with Gasteiger partial charge in [0.25, 0.3) is 11.8 Å². The van der Waals surface area contributed by atoms with Crippen LogP contribution >= 0.6 is 0 Å². The number of nitrogens with zero attached hydrogens (tertiary/aromatic N) is 2. The lowest BCUT2D eigenvalue weighted by molar-refractivity contribution is -0.137. The van der Waals surface area contributed by atoms with Gasteiger partial charge in [-0.15, -0.1) is 0 Å². The minimum atomic E-state index is -0.369. The third kappa shape index (κ3) is 4.95. The van der Waals surface area contributed by atoms with Gasteiger partial charge in [-0.05, 0) is 60.4 Å². The summed E-state index contributed by atoms with van der Waals surface area (Å²) >= 11 is 0. The van der Waals surface area contributed by atoms with E-state index in [1.54, 1.807) is 18.3 Å². The smallest absolute Gasteiger partial charge is 0.278 e. The second-order valence-corrected chi connectivity index (χ2v) is 7.82. The molecule has 33 heavy (non-hydrogen) atoms. The number of rotatable bonds is 9. The van der Waals surface area contributed by atoms with E-state index in [1.165, 1.54) is 10.5 Å². The number of ether oxygens (including phenoxy) is 1. The van der Waals surface area contributed by atoms with Crippen LogP contribution in [0, 0.1) is 0 Å². The van der Waals surface area contributed by atoms with Crippen LogP contribution in [0.5, 0.6) is 5.75 Å². The summed E-state index contributed by atoms with van der Waals surface area (Å²) in [6.45, 7) is 4.87. The number of nitrogens with one attached hydrogen (secondary N) is 1. The summed E-state index contributed by atoms with van der Waals surface area (Å²) in [6, 6.07) is 20.6. The molecule has 0 aliphatic carbocycles. The molecular formula is C27H27N3O3. The number of hydrogen-bond acceptors (Lipinski definition) is 5. The SMILES string of the molecule is CCCOc1ccc(C2=C(Nc3ccc(CC)cc3)C(=O)N(Cc3ccccn3)C2=O)cc1. The van der Waals surface area contributed by atoms with E-state index in [2.05, 4.69) is 17.2 Å². The molecule has 0 radical (unpaired) electrons. The van der Waals surface area contributed by atoms with Gasteiger partial charge in [-0.25, -0.2) is 0 Å². The van der Waals surface area contributed by atoms with Gasteiger partial charge in [0.2, 0.25) is 0 Å². The number of aromatic nitrogens is 1. The van der Waals surface area contributed by atoms with Crippen molar-refractivity contribution in [3.8, 4) is 5.75 Å². The molecule has 1 aliphatic rings. The number of anilines is 1. The minimum absolute atomic E-state index is 0.111. The zero-order valence-corrected chi connectivity index (χ0v) is 18.9. The molecule has 0 spiro atoms. The van der Waals surface area contributed by atoms with E-state index in [4.69, 9.17) is 4.74 Å². The molecule has 6 heteroatoms. The van der Waals surface area contributed by atoms with E-state index in [-0.39, 0.29) is 24.1 Å². The molecule has 4 rings (SSSR count). The van der Waals surface area contributed by atoms with E-state index >= 15 is 0 Å². The van der Waals surface area contributed by atoms with Crippen molar-refractivity contribution < 1.29 is 14.3 Å². The highest BCUT2D eigenvalue weighted by Gasteiger charge is 2.39. The number of aryl methyl sites for hydroxylation is 1. The van der Waals surface area contributed by atoms with Crippen LogP contribution in [0.1, 0.15) is 37.1 Å². The molecule has 0 unspecified atom stereocenters. The van der Waals surface area contributed by atoms with E-state index < -0.39 is 0 Å². The average molecular weight is 442 g/mol. The fourth-order valence-electron chi connectivity index (χ4n) is 3.66. The van der Waals surface area contributed by atoms with Crippen molar-refractivity contribution in [1.29, 1.82) is 0 Å². The number of carbonyl (C=O) groups excluding carboxylic acids is 2. The first-order valence-corrected chi connectivity index (χ1v) is 11.2. The van der Waals surface area contributed by atoms with E-state index in [0.717, 1.165) is 24.3 Å². The lowest BCUT2D eigenvalue weighted by atomic mass is 10.0. The fraction of sp³-hybridized carbons (Fsp3) is 0.222. The van der Waals surface area contributed by atoms with Gasteiger partial charge in [-0.2, -0.15) is 0 Å². The van der Waals surface area contributed by atoms with Crippen LogP contribution in [0.15, 0.2) is 78.6 Å². The summed E-state index contributed by atoms with van der Waals surface area (Å²) in [5.74, 6) is 0.0140. The predicted octanol–water partition coefficient (Wildman–Crippen LogP) is 4.83. The Morgan fingerprint density at radius 1 is 0.909 bits per heavy atom. The number of hydrogen-bond donors (Lipinski definition) is 1. The highest BCUT2D eigenvalue weighted by Crippen LogP contribution is 2.32. The topological polar surface area (TPSA) is 71.5 Å². The fourth-order valence-corrected chi connectivity index (χ4v) is 3.66.